The second kappa shape index (κ2) is 6.39. The van der Waals surface area contributed by atoms with E-state index in [4.69, 9.17) is 14.0 Å². The van der Waals surface area contributed by atoms with Gasteiger partial charge < -0.3 is 14.0 Å². The molecule has 4 heteroatoms. The van der Waals surface area contributed by atoms with Gasteiger partial charge in [0.05, 0.1) is 18.3 Å². The molecule has 0 bridgehead atoms. The minimum atomic E-state index is -0.311. The molecule has 1 aliphatic carbocycles. The molecule has 4 rings (SSSR count). The van der Waals surface area contributed by atoms with Crippen LogP contribution in [0.1, 0.15) is 51.2 Å². The maximum Gasteiger partial charge on any atom is 0.465 e. The molecule has 1 aliphatic heterocycles. The third-order valence-electron chi connectivity index (χ3n) is 6.73. The summed E-state index contributed by atoms with van der Waals surface area (Å²) in [6, 6.07) is 19.2. The van der Waals surface area contributed by atoms with E-state index in [2.05, 4.69) is 70.2 Å². The summed E-state index contributed by atoms with van der Waals surface area (Å²) in [7, 11) is 1.50. The highest BCUT2D eigenvalue weighted by atomic mass is 16.7. The lowest BCUT2D eigenvalue weighted by molar-refractivity contribution is 0.00578. The molecule has 27 heavy (non-hydrogen) atoms. The fourth-order valence-corrected chi connectivity index (χ4v) is 4.20. The van der Waals surface area contributed by atoms with Crippen molar-refractivity contribution in [1.29, 1.82) is 0 Å². The highest BCUT2D eigenvalue weighted by Gasteiger charge is 2.69. The Morgan fingerprint density at radius 2 is 1.52 bits per heavy atom. The van der Waals surface area contributed by atoms with Crippen molar-refractivity contribution in [1.82, 2.24) is 0 Å². The molecule has 1 heterocycles. The van der Waals surface area contributed by atoms with E-state index in [-0.39, 0.29) is 23.6 Å². The van der Waals surface area contributed by atoms with Crippen molar-refractivity contribution in [2.45, 2.75) is 63.0 Å². The van der Waals surface area contributed by atoms with Gasteiger partial charge in [0.15, 0.2) is 0 Å². The molecule has 2 aliphatic rings. The van der Waals surface area contributed by atoms with Gasteiger partial charge >= 0.3 is 7.12 Å². The van der Waals surface area contributed by atoms with E-state index < -0.39 is 0 Å². The zero-order valence-electron chi connectivity index (χ0n) is 17.0. The van der Waals surface area contributed by atoms with Crippen molar-refractivity contribution in [2.75, 3.05) is 7.11 Å². The maximum absolute atomic E-state index is 6.51. The Labute approximate surface area is 163 Å². The molecule has 0 radical (unpaired) electrons. The summed E-state index contributed by atoms with van der Waals surface area (Å²) < 4.78 is 18.3. The van der Waals surface area contributed by atoms with E-state index in [1.54, 1.807) is 7.11 Å². The summed E-state index contributed by atoms with van der Waals surface area (Å²) in [6.07, 6.45) is 2.02. The van der Waals surface area contributed by atoms with Crippen molar-refractivity contribution in [3.8, 4) is 5.75 Å². The molecule has 3 nitrogen and oxygen atoms in total. The van der Waals surface area contributed by atoms with Gasteiger partial charge in [-0.1, -0.05) is 42.5 Å². The van der Waals surface area contributed by atoms with Crippen LogP contribution < -0.4 is 4.74 Å². The Morgan fingerprint density at radius 1 is 0.926 bits per heavy atom. The molecule has 142 valence electrons. The second-order valence-corrected chi connectivity index (χ2v) is 9.01. The van der Waals surface area contributed by atoms with Crippen LogP contribution in [-0.4, -0.2) is 25.4 Å². The van der Waals surface area contributed by atoms with Crippen molar-refractivity contribution in [3.63, 3.8) is 0 Å². The van der Waals surface area contributed by atoms with Crippen LogP contribution in [0.2, 0.25) is 5.31 Å². The van der Waals surface area contributed by atoms with Crippen LogP contribution in [0.5, 0.6) is 5.75 Å². The van der Waals surface area contributed by atoms with Gasteiger partial charge in [-0.2, -0.15) is 0 Å². The average Bonchev–Trinajstić information content (AvgIpc) is 3.32. The van der Waals surface area contributed by atoms with Gasteiger partial charge in [0.2, 0.25) is 0 Å². The van der Waals surface area contributed by atoms with Crippen LogP contribution in [0.25, 0.3) is 0 Å². The number of rotatable bonds is 5. The third-order valence-corrected chi connectivity index (χ3v) is 6.73. The van der Waals surface area contributed by atoms with Gasteiger partial charge in [-0.25, -0.2) is 0 Å². The van der Waals surface area contributed by atoms with Gasteiger partial charge in [0, 0.05) is 5.31 Å². The number of ether oxygens (including phenoxy) is 1. The Bertz CT molecular complexity index is 784. The average molecular weight is 364 g/mol. The summed E-state index contributed by atoms with van der Waals surface area (Å²) in [5.41, 5.74) is 2.05. The molecule has 2 atom stereocenters. The monoisotopic (exact) mass is 364 g/mol. The van der Waals surface area contributed by atoms with Gasteiger partial charge in [-0.15, -0.1) is 0 Å². The van der Waals surface area contributed by atoms with E-state index in [0.29, 0.717) is 5.92 Å². The molecule has 1 saturated heterocycles. The number of methoxy groups -OCH3 is 1. The highest BCUT2D eigenvalue weighted by Crippen LogP contribution is 2.71. The first-order chi connectivity index (χ1) is 12.8. The Hall–Kier alpha value is -1.78. The third kappa shape index (κ3) is 3.19. The normalized spacial score (nSPS) is 28.2. The minimum Gasteiger partial charge on any atom is -0.497 e. The SMILES string of the molecule is COc1ccc(C[C@@]2(B3OC(C)(C)C(C)(C)O3)C[C@@H]2c2ccccc2)cc1. The molecule has 2 fully saturated rings. The largest absolute Gasteiger partial charge is 0.497 e. The van der Waals surface area contributed by atoms with E-state index in [1.165, 1.54) is 11.1 Å². The minimum absolute atomic E-state index is 0.0268. The first-order valence-electron chi connectivity index (χ1n) is 9.81. The van der Waals surface area contributed by atoms with Crippen LogP contribution >= 0.6 is 0 Å². The fourth-order valence-electron chi connectivity index (χ4n) is 4.20. The van der Waals surface area contributed by atoms with Gasteiger partial charge in [0.1, 0.15) is 5.75 Å². The summed E-state index contributed by atoms with van der Waals surface area (Å²) >= 11 is 0. The quantitative estimate of drug-likeness (QED) is 0.678. The zero-order chi connectivity index (χ0) is 19.3. The van der Waals surface area contributed by atoms with Crippen LogP contribution in [0, 0.1) is 0 Å². The van der Waals surface area contributed by atoms with Gasteiger partial charge in [-0.3, -0.25) is 0 Å². The summed E-state index contributed by atoms with van der Waals surface area (Å²) in [5, 5.41) is -0.0268. The van der Waals surface area contributed by atoms with Gasteiger partial charge in [0.25, 0.3) is 0 Å². The first kappa shape index (κ1) is 18.6. The van der Waals surface area contributed by atoms with E-state index in [1.807, 2.05) is 12.1 Å². The van der Waals surface area contributed by atoms with Crippen LogP contribution in [0.4, 0.5) is 0 Å². The summed E-state index contributed by atoms with van der Waals surface area (Å²) in [5.74, 6) is 1.34. The molecule has 1 saturated carbocycles. The van der Waals surface area contributed by atoms with E-state index >= 15 is 0 Å². The standard InChI is InChI=1S/C23H29BO3/c1-21(2)22(3,4)27-24(26-21)23(15-17-11-13-19(25-5)14-12-17)16-20(23)18-9-7-6-8-10-18/h6-14,20H,15-16H2,1-5H3/t20-,23-/m1/s1. The lowest BCUT2D eigenvalue weighted by atomic mass is 9.63. The van der Waals surface area contributed by atoms with Crippen molar-refractivity contribution < 1.29 is 14.0 Å². The zero-order valence-corrected chi connectivity index (χ0v) is 17.0. The number of hydrogen-bond donors (Lipinski definition) is 0. The van der Waals surface area contributed by atoms with Crippen LogP contribution in [-0.2, 0) is 15.7 Å². The summed E-state index contributed by atoms with van der Waals surface area (Å²) in [6.45, 7) is 8.53. The highest BCUT2D eigenvalue weighted by molar-refractivity contribution is 6.51. The molecule has 0 N–H and O–H groups in total. The Morgan fingerprint density at radius 3 is 2.07 bits per heavy atom. The van der Waals surface area contributed by atoms with Gasteiger partial charge in [-0.05, 0) is 69.7 Å². The molecule has 0 amide bonds. The lowest BCUT2D eigenvalue weighted by Gasteiger charge is -2.32. The smallest absolute Gasteiger partial charge is 0.465 e. The fraction of sp³-hybridized carbons (Fsp3) is 0.478. The molecule has 0 aromatic heterocycles. The second-order valence-electron chi connectivity index (χ2n) is 9.01. The first-order valence-corrected chi connectivity index (χ1v) is 9.81. The predicted octanol–water partition coefficient (Wildman–Crippen LogP) is 5.26. The Kier molecular flexibility index (Phi) is 4.40. The molecule has 0 spiro atoms. The van der Waals surface area contributed by atoms with Crippen molar-refractivity contribution >= 4 is 7.12 Å². The van der Waals surface area contributed by atoms with Crippen LogP contribution in [0.15, 0.2) is 54.6 Å². The molecule has 0 unspecified atom stereocenters. The molecular formula is C23H29BO3. The predicted molar refractivity (Wildman–Crippen MR) is 109 cm³/mol. The molecular weight excluding hydrogens is 335 g/mol. The number of benzene rings is 2. The molecule has 2 aromatic rings. The van der Waals surface area contributed by atoms with E-state index in [0.717, 1.165) is 18.6 Å². The summed E-state index contributed by atoms with van der Waals surface area (Å²) in [4.78, 5) is 0. The topological polar surface area (TPSA) is 27.7 Å². The van der Waals surface area contributed by atoms with Crippen molar-refractivity contribution in [2.24, 2.45) is 0 Å². The lowest BCUT2D eigenvalue weighted by Crippen LogP contribution is -2.41. The Balaban J connectivity index is 1.65. The molecule has 2 aromatic carbocycles. The number of hydrogen-bond acceptors (Lipinski definition) is 3. The van der Waals surface area contributed by atoms with Crippen molar-refractivity contribution in [3.05, 3.63) is 65.7 Å². The van der Waals surface area contributed by atoms with Crippen LogP contribution in [0.3, 0.4) is 0 Å². The van der Waals surface area contributed by atoms with E-state index in [9.17, 15) is 0 Å². The maximum atomic E-state index is 6.51.